The van der Waals surface area contributed by atoms with Gasteiger partial charge in [-0.15, -0.1) is 0 Å². The van der Waals surface area contributed by atoms with Gasteiger partial charge in [0.15, 0.2) is 0 Å². The Kier molecular flexibility index (Phi) is 6.74. The molecule has 0 aromatic rings. The fourth-order valence-electron chi connectivity index (χ4n) is 8.57. The second-order valence-electron chi connectivity index (χ2n) is 12.8. The summed E-state index contributed by atoms with van der Waals surface area (Å²) < 4.78 is 5.62. The highest BCUT2D eigenvalue weighted by Gasteiger charge is 2.59. The molecule has 0 spiro atoms. The van der Waals surface area contributed by atoms with Gasteiger partial charge in [-0.1, -0.05) is 65.3 Å². The normalized spacial score (nSPS) is 43.2. The largest absolute Gasteiger partial charge is 0.462 e. The zero-order valence-corrected chi connectivity index (χ0v) is 21.8. The molecule has 4 aliphatic rings. The molecule has 180 valence electrons. The van der Waals surface area contributed by atoms with Gasteiger partial charge in [-0.25, -0.2) is 0 Å². The number of ether oxygens (including phenoxy) is 1. The van der Waals surface area contributed by atoms with Gasteiger partial charge >= 0.3 is 5.97 Å². The minimum atomic E-state index is -0.121. The highest BCUT2D eigenvalue weighted by atomic mass is 16.5. The molecular weight excluding hydrogens is 392 g/mol. The zero-order chi connectivity index (χ0) is 23.3. The van der Waals surface area contributed by atoms with Crippen molar-refractivity contribution in [2.75, 3.05) is 0 Å². The van der Waals surface area contributed by atoms with E-state index in [1.165, 1.54) is 38.5 Å². The third-order valence-electron chi connectivity index (χ3n) is 10.9. The molecule has 4 rings (SSSR count). The Balaban J connectivity index is 1.50. The van der Waals surface area contributed by atoms with Crippen molar-refractivity contribution in [1.29, 1.82) is 0 Å². The fourth-order valence-corrected chi connectivity index (χ4v) is 8.57. The van der Waals surface area contributed by atoms with E-state index in [1.54, 1.807) is 12.5 Å². The average molecular weight is 441 g/mol. The van der Waals surface area contributed by atoms with Crippen molar-refractivity contribution in [2.24, 2.45) is 52.3 Å². The molecule has 9 atom stereocenters. The molecule has 0 bridgehead atoms. The summed E-state index contributed by atoms with van der Waals surface area (Å²) in [5, 5.41) is 0. The minimum absolute atomic E-state index is 0.106. The Hall–Kier alpha value is -1.05. The van der Waals surface area contributed by atoms with Gasteiger partial charge in [-0.2, -0.15) is 0 Å². The topological polar surface area (TPSA) is 26.3 Å². The van der Waals surface area contributed by atoms with Crippen LogP contribution in [-0.2, 0) is 9.53 Å². The molecule has 32 heavy (non-hydrogen) atoms. The van der Waals surface area contributed by atoms with Crippen molar-refractivity contribution in [3.63, 3.8) is 0 Å². The predicted molar refractivity (Wildman–Crippen MR) is 133 cm³/mol. The van der Waals surface area contributed by atoms with Gasteiger partial charge in [0.2, 0.25) is 0 Å². The molecule has 0 saturated heterocycles. The smallest absolute Gasteiger partial charge is 0.302 e. The Morgan fingerprint density at radius 1 is 1.03 bits per heavy atom. The highest BCUT2D eigenvalue weighted by Crippen LogP contribution is 2.67. The summed E-state index contributed by atoms with van der Waals surface area (Å²) in [7, 11) is 0. The lowest BCUT2D eigenvalue weighted by Crippen LogP contribution is -2.51. The van der Waals surface area contributed by atoms with Crippen molar-refractivity contribution < 1.29 is 9.53 Å². The van der Waals surface area contributed by atoms with Gasteiger partial charge in [0.05, 0.1) is 0 Å². The lowest BCUT2D eigenvalue weighted by molar-refractivity contribution is -0.148. The van der Waals surface area contributed by atoms with Crippen molar-refractivity contribution in [3.05, 3.63) is 23.8 Å². The van der Waals surface area contributed by atoms with Crippen molar-refractivity contribution in [1.82, 2.24) is 0 Å². The number of carbonyl (C=O) groups is 1. The van der Waals surface area contributed by atoms with Crippen LogP contribution in [0.3, 0.4) is 0 Å². The molecule has 0 heterocycles. The van der Waals surface area contributed by atoms with Gasteiger partial charge in [-0.3, -0.25) is 4.79 Å². The maximum atomic E-state index is 11.5. The summed E-state index contributed by atoms with van der Waals surface area (Å²) in [5.74, 6) is 5.35. The lowest BCUT2D eigenvalue weighted by Gasteiger charge is -2.58. The summed E-state index contributed by atoms with van der Waals surface area (Å²) in [4.78, 5) is 11.5. The van der Waals surface area contributed by atoms with Crippen molar-refractivity contribution >= 4 is 5.97 Å². The average Bonchev–Trinajstić information content (AvgIpc) is 3.08. The van der Waals surface area contributed by atoms with Crippen LogP contribution in [0.5, 0.6) is 0 Å². The van der Waals surface area contributed by atoms with E-state index in [9.17, 15) is 4.79 Å². The number of hydrogen-bond acceptors (Lipinski definition) is 2. The first kappa shape index (κ1) is 24.1. The fraction of sp³-hybridized carbons (Fsp3) is 0.833. The number of esters is 1. The summed E-state index contributed by atoms with van der Waals surface area (Å²) in [6.45, 7) is 16.3. The van der Waals surface area contributed by atoms with Gasteiger partial charge in [-0.05, 0) is 97.2 Å². The molecular formula is C30H48O2. The molecule has 2 nitrogen and oxygen atoms in total. The van der Waals surface area contributed by atoms with Crippen LogP contribution in [0.4, 0.5) is 0 Å². The van der Waals surface area contributed by atoms with E-state index in [-0.39, 0.29) is 12.1 Å². The van der Waals surface area contributed by atoms with E-state index >= 15 is 0 Å². The quantitative estimate of drug-likeness (QED) is 0.320. The minimum Gasteiger partial charge on any atom is -0.462 e. The van der Waals surface area contributed by atoms with Crippen LogP contribution in [0.1, 0.15) is 99.8 Å². The van der Waals surface area contributed by atoms with Crippen LogP contribution >= 0.6 is 0 Å². The van der Waals surface area contributed by atoms with Crippen LogP contribution in [0.15, 0.2) is 23.8 Å². The Morgan fingerprint density at radius 3 is 2.47 bits per heavy atom. The van der Waals surface area contributed by atoms with E-state index in [0.29, 0.717) is 22.7 Å². The molecule has 0 N–H and O–H groups in total. The van der Waals surface area contributed by atoms with Gasteiger partial charge in [0.1, 0.15) is 6.10 Å². The first-order valence-electron chi connectivity index (χ1n) is 13.6. The molecule has 0 unspecified atom stereocenters. The predicted octanol–water partition coefficient (Wildman–Crippen LogP) is 7.98. The van der Waals surface area contributed by atoms with E-state index < -0.39 is 0 Å². The van der Waals surface area contributed by atoms with Crippen LogP contribution in [0.25, 0.3) is 0 Å². The summed E-state index contributed by atoms with van der Waals surface area (Å²) in [6.07, 6.45) is 17.8. The molecule has 0 radical (unpaired) electrons. The highest BCUT2D eigenvalue weighted by molar-refractivity contribution is 5.66. The van der Waals surface area contributed by atoms with E-state index in [4.69, 9.17) is 4.74 Å². The third-order valence-corrected chi connectivity index (χ3v) is 10.9. The van der Waals surface area contributed by atoms with Gasteiger partial charge in [0, 0.05) is 13.3 Å². The summed E-state index contributed by atoms with van der Waals surface area (Å²) in [5.41, 5.74) is 2.44. The second-order valence-corrected chi connectivity index (χ2v) is 12.8. The SMILES string of the molecule is CC(=O)O[C@H]1CC[C@@]2(C)C(=CC[C@@H]3[C@H]4CC[C@@H]([C@H](C)/C=C/[C@H](C)C(C)C)[C@]4(C)CC[C@H]32)C1. The van der Waals surface area contributed by atoms with Crippen LogP contribution in [-0.4, -0.2) is 12.1 Å². The Labute approximate surface area is 197 Å². The van der Waals surface area contributed by atoms with Crippen molar-refractivity contribution in [3.8, 4) is 0 Å². The first-order valence-corrected chi connectivity index (χ1v) is 13.6. The molecule has 2 heteroatoms. The third kappa shape index (κ3) is 4.14. The summed E-state index contributed by atoms with van der Waals surface area (Å²) >= 11 is 0. The molecule has 3 saturated carbocycles. The second kappa shape index (κ2) is 8.95. The monoisotopic (exact) mass is 440 g/mol. The van der Waals surface area contributed by atoms with E-state index in [1.807, 2.05) is 0 Å². The van der Waals surface area contributed by atoms with Crippen LogP contribution < -0.4 is 0 Å². The van der Waals surface area contributed by atoms with Crippen LogP contribution in [0, 0.1) is 52.3 Å². The standard InChI is InChI=1S/C30H48O2/c1-19(2)20(3)8-9-21(4)26-12-13-27-25-11-10-23-18-24(32-22(5)31)14-16-29(23,6)28(25)15-17-30(26,27)7/h8-10,19-21,24-28H,11-18H2,1-7H3/b9-8+/t20-,21+,24-,25+,26-,27+,28+,29-,30-/m0/s1. The summed E-state index contributed by atoms with van der Waals surface area (Å²) in [6, 6.07) is 0. The molecule has 0 aliphatic heterocycles. The number of rotatable bonds is 5. The van der Waals surface area contributed by atoms with Crippen molar-refractivity contribution in [2.45, 2.75) is 106 Å². The number of carbonyl (C=O) groups excluding carboxylic acids is 1. The number of fused-ring (bicyclic) bond motifs is 5. The molecule has 0 aromatic heterocycles. The number of hydrogen-bond donors (Lipinski definition) is 0. The van der Waals surface area contributed by atoms with Gasteiger partial charge in [0.25, 0.3) is 0 Å². The first-order chi connectivity index (χ1) is 15.1. The lowest BCUT2D eigenvalue weighted by atomic mass is 9.47. The number of allylic oxidation sites excluding steroid dienone is 3. The zero-order valence-electron chi connectivity index (χ0n) is 21.8. The molecule has 0 amide bonds. The maximum absolute atomic E-state index is 11.5. The molecule has 3 fully saturated rings. The Morgan fingerprint density at radius 2 is 1.78 bits per heavy atom. The maximum Gasteiger partial charge on any atom is 0.302 e. The van der Waals surface area contributed by atoms with E-state index in [2.05, 4.69) is 59.8 Å². The molecule has 0 aromatic carbocycles. The molecule has 4 aliphatic carbocycles. The van der Waals surface area contributed by atoms with Gasteiger partial charge < -0.3 is 4.74 Å². The van der Waals surface area contributed by atoms with Crippen LogP contribution in [0.2, 0.25) is 0 Å². The Bertz CT molecular complexity index is 763. The van der Waals surface area contributed by atoms with E-state index in [0.717, 1.165) is 42.4 Å².